The zero-order valence-corrected chi connectivity index (χ0v) is 11.6. The molecule has 19 heavy (non-hydrogen) atoms. The van der Waals surface area contributed by atoms with Crippen LogP contribution in [-0.4, -0.2) is 16.9 Å². The Morgan fingerprint density at radius 3 is 1.84 bits per heavy atom. The van der Waals surface area contributed by atoms with Crippen LogP contribution >= 0.6 is 15.9 Å². The lowest BCUT2D eigenvalue weighted by Gasteiger charge is -2.03. The number of carbonyl (C=O) groups is 2. The largest absolute Gasteiger partial charge is 0.475 e. The van der Waals surface area contributed by atoms with Crippen LogP contribution in [-0.2, 0) is 16.0 Å². The Hall–Kier alpha value is -1.94. The third-order valence-corrected chi connectivity index (χ3v) is 3.26. The van der Waals surface area contributed by atoms with Crippen LogP contribution in [0, 0.1) is 0 Å². The van der Waals surface area contributed by atoms with E-state index in [1.165, 1.54) is 0 Å². The predicted octanol–water partition coefficient (Wildman–Crippen LogP) is 3.31. The Labute approximate surface area is 119 Å². The minimum absolute atomic E-state index is 0.0735. The van der Waals surface area contributed by atoms with Crippen LogP contribution < -0.4 is 0 Å². The van der Waals surface area contributed by atoms with Gasteiger partial charge >= 0.3 is 5.97 Å². The molecule has 0 heterocycles. The summed E-state index contributed by atoms with van der Waals surface area (Å²) < 4.78 is 1.01. The molecule has 0 aromatic heterocycles. The van der Waals surface area contributed by atoms with Crippen LogP contribution in [0.3, 0.4) is 0 Å². The van der Waals surface area contributed by atoms with E-state index in [1.807, 2.05) is 36.4 Å². The number of benzene rings is 2. The summed E-state index contributed by atoms with van der Waals surface area (Å²) in [7, 11) is 0. The summed E-state index contributed by atoms with van der Waals surface area (Å²) in [6, 6.07) is 15.2. The minimum atomic E-state index is -1.39. The van der Waals surface area contributed by atoms with Gasteiger partial charge in [-0.2, -0.15) is 0 Å². The number of ketones is 1. The number of hydrogen-bond acceptors (Lipinski definition) is 2. The van der Waals surface area contributed by atoms with Crippen molar-refractivity contribution in [2.75, 3.05) is 0 Å². The van der Waals surface area contributed by atoms with Crippen LogP contribution in [0.15, 0.2) is 53.0 Å². The van der Waals surface area contributed by atoms with Crippen LogP contribution in [0.1, 0.15) is 5.56 Å². The fraction of sp³-hybridized carbons (Fsp3) is 0.0667. The highest BCUT2D eigenvalue weighted by Gasteiger charge is 2.11. The first kappa shape index (κ1) is 13.5. The molecule has 0 atom stereocenters. The quantitative estimate of drug-likeness (QED) is 0.880. The molecule has 0 saturated heterocycles. The summed E-state index contributed by atoms with van der Waals surface area (Å²) in [6.45, 7) is 0. The number of hydrogen-bond donors (Lipinski definition) is 1. The number of carboxylic acid groups (broad SMARTS) is 1. The van der Waals surface area contributed by atoms with Gasteiger partial charge in [0.2, 0.25) is 5.78 Å². The molecule has 3 nitrogen and oxygen atoms in total. The van der Waals surface area contributed by atoms with Gasteiger partial charge in [-0.05, 0) is 28.8 Å². The number of Topliss-reactive ketones (excluding diaryl/α,β-unsaturated/α-hetero) is 1. The number of carboxylic acids is 1. The van der Waals surface area contributed by atoms with Crippen LogP contribution in [0.4, 0.5) is 0 Å². The van der Waals surface area contributed by atoms with Crippen molar-refractivity contribution in [2.45, 2.75) is 6.42 Å². The highest BCUT2D eigenvalue weighted by Crippen LogP contribution is 2.22. The molecule has 0 aliphatic carbocycles. The van der Waals surface area contributed by atoms with E-state index in [0.29, 0.717) is 5.56 Å². The van der Waals surface area contributed by atoms with E-state index in [-0.39, 0.29) is 6.42 Å². The van der Waals surface area contributed by atoms with Crippen molar-refractivity contribution >= 4 is 27.7 Å². The van der Waals surface area contributed by atoms with Gasteiger partial charge in [0.25, 0.3) is 0 Å². The topological polar surface area (TPSA) is 54.4 Å². The van der Waals surface area contributed by atoms with Gasteiger partial charge in [0.15, 0.2) is 0 Å². The lowest BCUT2D eigenvalue weighted by Crippen LogP contribution is -2.14. The summed E-state index contributed by atoms with van der Waals surface area (Å²) >= 11 is 3.38. The molecule has 0 saturated carbocycles. The molecular weight excluding hydrogens is 308 g/mol. The lowest BCUT2D eigenvalue weighted by atomic mass is 10.0. The van der Waals surface area contributed by atoms with Crippen molar-refractivity contribution in [1.29, 1.82) is 0 Å². The summed E-state index contributed by atoms with van der Waals surface area (Å²) in [4.78, 5) is 21.6. The van der Waals surface area contributed by atoms with E-state index in [9.17, 15) is 9.59 Å². The highest BCUT2D eigenvalue weighted by atomic mass is 79.9. The number of carbonyl (C=O) groups excluding carboxylic acids is 1. The Kier molecular flexibility index (Phi) is 4.12. The van der Waals surface area contributed by atoms with Gasteiger partial charge in [-0.1, -0.05) is 52.3 Å². The fourth-order valence-electron chi connectivity index (χ4n) is 1.72. The van der Waals surface area contributed by atoms with Gasteiger partial charge in [-0.25, -0.2) is 4.79 Å². The third-order valence-electron chi connectivity index (χ3n) is 2.73. The van der Waals surface area contributed by atoms with E-state index in [0.717, 1.165) is 15.6 Å². The Balaban J connectivity index is 2.16. The molecule has 0 unspecified atom stereocenters. The van der Waals surface area contributed by atoms with Crippen LogP contribution in [0.2, 0.25) is 0 Å². The first-order valence-electron chi connectivity index (χ1n) is 5.67. The maximum Gasteiger partial charge on any atom is 0.372 e. The lowest BCUT2D eigenvalue weighted by molar-refractivity contribution is -0.148. The SMILES string of the molecule is O=C(O)C(=O)Cc1ccc(-c2ccc(Br)cc2)cc1. The van der Waals surface area contributed by atoms with E-state index in [2.05, 4.69) is 15.9 Å². The highest BCUT2D eigenvalue weighted by molar-refractivity contribution is 9.10. The van der Waals surface area contributed by atoms with Crippen molar-refractivity contribution < 1.29 is 14.7 Å². The molecule has 96 valence electrons. The second kappa shape index (κ2) is 5.80. The Bertz CT molecular complexity index is 600. The first-order valence-corrected chi connectivity index (χ1v) is 6.46. The van der Waals surface area contributed by atoms with Crippen molar-refractivity contribution in [3.8, 4) is 11.1 Å². The second-order valence-electron chi connectivity index (χ2n) is 4.11. The Morgan fingerprint density at radius 2 is 1.37 bits per heavy atom. The maximum atomic E-state index is 11.1. The fourth-order valence-corrected chi connectivity index (χ4v) is 1.98. The number of halogens is 1. The monoisotopic (exact) mass is 318 g/mol. The molecule has 0 aliphatic heterocycles. The van der Waals surface area contributed by atoms with Gasteiger partial charge in [0.1, 0.15) is 0 Å². The molecule has 0 spiro atoms. The summed E-state index contributed by atoms with van der Waals surface area (Å²) in [5, 5.41) is 8.55. The molecule has 0 bridgehead atoms. The third kappa shape index (κ3) is 3.51. The van der Waals surface area contributed by atoms with Crippen LogP contribution in [0.25, 0.3) is 11.1 Å². The maximum absolute atomic E-state index is 11.1. The molecule has 4 heteroatoms. The smallest absolute Gasteiger partial charge is 0.372 e. The van der Waals surface area contributed by atoms with Crippen molar-refractivity contribution in [3.05, 3.63) is 58.6 Å². The molecular formula is C15H11BrO3. The van der Waals surface area contributed by atoms with Gasteiger partial charge in [-0.15, -0.1) is 0 Å². The summed E-state index contributed by atoms with van der Waals surface area (Å²) in [5.74, 6) is -2.19. The minimum Gasteiger partial charge on any atom is -0.475 e. The van der Waals surface area contributed by atoms with Gasteiger partial charge in [0.05, 0.1) is 0 Å². The van der Waals surface area contributed by atoms with Gasteiger partial charge < -0.3 is 5.11 Å². The Morgan fingerprint density at radius 1 is 0.895 bits per heavy atom. The predicted molar refractivity (Wildman–Crippen MR) is 75.9 cm³/mol. The van der Waals surface area contributed by atoms with E-state index >= 15 is 0 Å². The molecule has 0 radical (unpaired) electrons. The standard InChI is InChI=1S/C15H11BrO3/c16-13-7-5-12(6-8-13)11-3-1-10(2-4-11)9-14(17)15(18)19/h1-8H,9H2,(H,18,19). The molecule has 1 N–H and O–H groups in total. The second-order valence-corrected chi connectivity index (χ2v) is 5.02. The average Bonchev–Trinajstić information content (AvgIpc) is 2.40. The number of rotatable bonds is 4. The first-order chi connectivity index (χ1) is 9.06. The summed E-state index contributed by atoms with van der Waals surface area (Å²) in [6.07, 6.45) is -0.0735. The van der Waals surface area contributed by atoms with Crippen molar-refractivity contribution in [2.24, 2.45) is 0 Å². The zero-order valence-electron chi connectivity index (χ0n) is 9.97. The molecule has 2 rings (SSSR count). The van der Waals surface area contributed by atoms with E-state index < -0.39 is 11.8 Å². The van der Waals surface area contributed by atoms with Gasteiger partial charge in [0, 0.05) is 10.9 Å². The molecule has 0 amide bonds. The van der Waals surface area contributed by atoms with Crippen molar-refractivity contribution in [1.82, 2.24) is 0 Å². The van der Waals surface area contributed by atoms with Crippen molar-refractivity contribution in [3.63, 3.8) is 0 Å². The average molecular weight is 319 g/mol. The molecule has 2 aromatic carbocycles. The van der Waals surface area contributed by atoms with Crippen LogP contribution in [0.5, 0.6) is 0 Å². The molecule has 2 aromatic rings. The summed E-state index contributed by atoms with van der Waals surface area (Å²) in [5.41, 5.74) is 2.80. The number of aliphatic carboxylic acids is 1. The van der Waals surface area contributed by atoms with Gasteiger partial charge in [-0.3, -0.25) is 4.79 Å². The van der Waals surface area contributed by atoms with E-state index in [4.69, 9.17) is 5.11 Å². The zero-order chi connectivity index (χ0) is 13.8. The normalized spacial score (nSPS) is 10.2. The molecule has 0 aliphatic rings. The van der Waals surface area contributed by atoms with E-state index in [1.54, 1.807) is 12.1 Å². The molecule has 0 fully saturated rings.